The summed E-state index contributed by atoms with van der Waals surface area (Å²) in [4.78, 5) is 0. The van der Waals surface area contributed by atoms with Gasteiger partial charge in [-0.05, 0) is 33.0 Å². The fourth-order valence-electron chi connectivity index (χ4n) is 0.636. The molecule has 0 bridgehead atoms. The summed E-state index contributed by atoms with van der Waals surface area (Å²) in [5.41, 5.74) is 2.38. The van der Waals surface area contributed by atoms with E-state index in [2.05, 4.69) is 25.7 Å². The minimum absolute atomic E-state index is 1.12. The Morgan fingerprint density at radius 3 is 2.00 bits per heavy atom. The van der Waals surface area contributed by atoms with Crippen molar-refractivity contribution in [2.24, 2.45) is 0 Å². The number of hydrogen-bond acceptors (Lipinski definition) is 1. The maximum Gasteiger partial charge on any atom is 0.0362 e. The smallest absolute Gasteiger partial charge is 0.0362 e. The van der Waals surface area contributed by atoms with Crippen molar-refractivity contribution in [3.8, 4) is 0 Å². The summed E-state index contributed by atoms with van der Waals surface area (Å²) in [6.45, 7) is 13.7. The standard InChI is InChI=1S/C9H15N.C2H6/c1-5-7-9(8(3)4)10-6-2;1-2/h5-7,10H,2H2,1,3-4H3;1-2H3/b7-5-;. The average Bonchev–Trinajstić information content (AvgIpc) is 2.08. The van der Waals surface area contributed by atoms with Gasteiger partial charge < -0.3 is 5.32 Å². The van der Waals surface area contributed by atoms with Crippen LogP contribution in [0.3, 0.4) is 0 Å². The van der Waals surface area contributed by atoms with Gasteiger partial charge >= 0.3 is 0 Å². The van der Waals surface area contributed by atoms with Crippen LogP contribution in [0.2, 0.25) is 0 Å². The molecule has 0 saturated heterocycles. The molecule has 1 nitrogen and oxygen atoms in total. The topological polar surface area (TPSA) is 12.0 Å². The fourth-order valence-corrected chi connectivity index (χ4v) is 0.636. The van der Waals surface area contributed by atoms with Gasteiger partial charge in [0, 0.05) is 5.70 Å². The van der Waals surface area contributed by atoms with Crippen molar-refractivity contribution in [2.45, 2.75) is 34.6 Å². The molecule has 0 unspecified atom stereocenters. The zero-order chi connectivity index (χ0) is 9.98. The fraction of sp³-hybridized carbons (Fsp3) is 0.455. The molecule has 70 valence electrons. The zero-order valence-electron chi connectivity index (χ0n) is 8.94. The van der Waals surface area contributed by atoms with Gasteiger partial charge in [0.1, 0.15) is 0 Å². The molecule has 0 aromatic carbocycles. The van der Waals surface area contributed by atoms with E-state index in [-0.39, 0.29) is 0 Å². The zero-order valence-corrected chi connectivity index (χ0v) is 8.94. The molecule has 0 aliphatic carbocycles. The van der Waals surface area contributed by atoms with E-state index in [0.717, 1.165) is 5.70 Å². The Morgan fingerprint density at radius 1 is 1.25 bits per heavy atom. The molecule has 0 fully saturated rings. The Bertz CT molecular complexity index is 160. The molecule has 0 heterocycles. The van der Waals surface area contributed by atoms with Crippen LogP contribution in [0.15, 0.2) is 36.2 Å². The van der Waals surface area contributed by atoms with Gasteiger partial charge in [-0.25, -0.2) is 0 Å². The highest BCUT2D eigenvalue weighted by Crippen LogP contribution is 2.00. The average molecular weight is 167 g/mol. The van der Waals surface area contributed by atoms with Gasteiger partial charge in [-0.1, -0.05) is 32.1 Å². The summed E-state index contributed by atoms with van der Waals surface area (Å²) in [5, 5.41) is 3.04. The van der Waals surface area contributed by atoms with Crippen molar-refractivity contribution >= 4 is 0 Å². The van der Waals surface area contributed by atoms with E-state index in [9.17, 15) is 0 Å². The van der Waals surface area contributed by atoms with E-state index in [1.807, 2.05) is 32.9 Å². The highest BCUT2D eigenvalue weighted by molar-refractivity contribution is 5.22. The molecule has 0 aliphatic heterocycles. The highest BCUT2D eigenvalue weighted by Gasteiger charge is 1.87. The second-order valence-electron chi connectivity index (χ2n) is 2.26. The summed E-state index contributed by atoms with van der Waals surface area (Å²) >= 11 is 0. The van der Waals surface area contributed by atoms with Crippen molar-refractivity contribution in [2.75, 3.05) is 0 Å². The van der Waals surface area contributed by atoms with Crippen LogP contribution in [0.1, 0.15) is 34.6 Å². The van der Waals surface area contributed by atoms with Crippen molar-refractivity contribution in [3.63, 3.8) is 0 Å². The third kappa shape index (κ3) is 7.13. The van der Waals surface area contributed by atoms with Gasteiger partial charge in [-0.2, -0.15) is 0 Å². The van der Waals surface area contributed by atoms with E-state index in [1.54, 1.807) is 6.20 Å². The van der Waals surface area contributed by atoms with Crippen LogP contribution >= 0.6 is 0 Å². The van der Waals surface area contributed by atoms with Crippen LogP contribution in [0.25, 0.3) is 0 Å². The Kier molecular flexibility index (Phi) is 11.4. The first-order chi connectivity index (χ1) is 5.72. The predicted molar refractivity (Wildman–Crippen MR) is 57.9 cm³/mol. The van der Waals surface area contributed by atoms with Crippen molar-refractivity contribution in [3.05, 3.63) is 36.2 Å². The summed E-state index contributed by atoms with van der Waals surface area (Å²) in [6.07, 6.45) is 5.71. The molecule has 0 atom stereocenters. The number of allylic oxidation sites excluding steroid dienone is 3. The minimum atomic E-state index is 1.12. The lowest BCUT2D eigenvalue weighted by Crippen LogP contribution is -2.02. The predicted octanol–water partition coefficient (Wildman–Crippen LogP) is 3.62. The van der Waals surface area contributed by atoms with E-state index in [1.165, 1.54) is 5.57 Å². The summed E-state index contributed by atoms with van der Waals surface area (Å²) in [5.74, 6) is 0. The van der Waals surface area contributed by atoms with Gasteiger partial charge in [0.2, 0.25) is 0 Å². The molecule has 0 aromatic heterocycles. The van der Waals surface area contributed by atoms with Crippen LogP contribution < -0.4 is 5.32 Å². The number of rotatable bonds is 3. The van der Waals surface area contributed by atoms with Crippen LogP contribution in [0.4, 0.5) is 0 Å². The largest absolute Gasteiger partial charge is 0.362 e. The Labute approximate surface area is 76.9 Å². The van der Waals surface area contributed by atoms with Gasteiger partial charge in [0.05, 0.1) is 0 Å². The first-order valence-corrected chi connectivity index (χ1v) is 4.40. The lowest BCUT2D eigenvalue weighted by Gasteiger charge is -2.02. The summed E-state index contributed by atoms with van der Waals surface area (Å²) in [7, 11) is 0. The second-order valence-corrected chi connectivity index (χ2v) is 2.26. The van der Waals surface area contributed by atoms with E-state index >= 15 is 0 Å². The van der Waals surface area contributed by atoms with E-state index in [0.29, 0.717) is 0 Å². The highest BCUT2D eigenvalue weighted by atomic mass is 14.8. The molecule has 0 spiro atoms. The molecular weight excluding hydrogens is 146 g/mol. The molecular formula is C11H21N. The summed E-state index contributed by atoms with van der Waals surface area (Å²) < 4.78 is 0. The Hall–Kier alpha value is -0.980. The first kappa shape index (κ1) is 13.6. The van der Waals surface area contributed by atoms with E-state index < -0.39 is 0 Å². The Morgan fingerprint density at radius 2 is 1.75 bits per heavy atom. The van der Waals surface area contributed by atoms with Crippen molar-refractivity contribution in [1.29, 1.82) is 0 Å². The minimum Gasteiger partial charge on any atom is -0.362 e. The van der Waals surface area contributed by atoms with Crippen LogP contribution in [-0.4, -0.2) is 0 Å². The van der Waals surface area contributed by atoms with Crippen LogP contribution in [0, 0.1) is 0 Å². The molecule has 0 rings (SSSR count). The quantitative estimate of drug-likeness (QED) is 0.633. The number of hydrogen-bond donors (Lipinski definition) is 1. The molecule has 12 heavy (non-hydrogen) atoms. The maximum absolute atomic E-state index is 3.59. The van der Waals surface area contributed by atoms with Gasteiger partial charge in [-0.3, -0.25) is 0 Å². The third-order valence-electron chi connectivity index (χ3n) is 1.13. The normalized spacial score (nSPS) is 8.42. The molecule has 1 heteroatoms. The van der Waals surface area contributed by atoms with Crippen molar-refractivity contribution in [1.82, 2.24) is 5.32 Å². The molecule has 0 saturated carbocycles. The first-order valence-electron chi connectivity index (χ1n) is 4.40. The summed E-state index contributed by atoms with van der Waals surface area (Å²) in [6, 6.07) is 0. The molecule has 0 aromatic rings. The monoisotopic (exact) mass is 167 g/mol. The van der Waals surface area contributed by atoms with Gasteiger partial charge in [0.15, 0.2) is 0 Å². The molecule has 1 N–H and O–H groups in total. The molecule has 0 radical (unpaired) electrons. The second kappa shape index (κ2) is 10.0. The Balaban J connectivity index is 0. The van der Waals surface area contributed by atoms with Gasteiger partial charge in [-0.15, -0.1) is 0 Å². The third-order valence-corrected chi connectivity index (χ3v) is 1.13. The van der Waals surface area contributed by atoms with Crippen LogP contribution in [0.5, 0.6) is 0 Å². The van der Waals surface area contributed by atoms with Crippen molar-refractivity contribution < 1.29 is 0 Å². The van der Waals surface area contributed by atoms with E-state index in [4.69, 9.17) is 0 Å². The lowest BCUT2D eigenvalue weighted by molar-refractivity contribution is 1.07. The van der Waals surface area contributed by atoms with Gasteiger partial charge in [0.25, 0.3) is 0 Å². The molecule has 0 aliphatic rings. The number of nitrogens with one attached hydrogen (secondary N) is 1. The SMILES string of the molecule is C=CNC(/C=C\C)=C(C)C.CC. The maximum atomic E-state index is 3.59. The van der Waals surface area contributed by atoms with Crippen LogP contribution in [-0.2, 0) is 0 Å². The molecule has 0 amide bonds. The lowest BCUT2D eigenvalue weighted by atomic mass is 10.2.